The third-order valence-electron chi connectivity index (χ3n) is 1.76. The topological polar surface area (TPSA) is 22.1 Å². The monoisotopic (exact) mass is 284 g/mol. The van der Waals surface area contributed by atoms with Gasteiger partial charge in [0.1, 0.15) is 0 Å². The highest BCUT2D eigenvalue weighted by Crippen LogP contribution is 2.29. The largest absolute Gasteiger partial charge is 0.433 e. The number of pyridine rings is 1. The van der Waals surface area contributed by atoms with Gasteiger partial charge in [0.15, 0.2) is 11.6 Å². The fraction of sp³-hybridized carbons (Fsp3) is 0. The van der Waals surface area contributed by atoms with Crippen molar-refractivity contribution in [2.45, 2.75) is 0 Å². The Morgan fingerprint density at radius 1 is 1.25 bits per heavy atom. The summed E-state index contributed by atoms with van der Waals surface area (Å²) in [7, 11) is 0. The van der Waals surface area contributed by atoms with Crippen molar-refractivity contribution in [3.8, 4) is 11.6 Å². The summed E-state index contributed by atoms with van der Waals surface area (Å²) in [6.07, 6.45) is 1.35. The molecule has 0 amide bonds. The minimum absolute atomic E-state index is 0.110. The quantitative estimate of drug-likeness (QED) is 0.839. The molecule has 0 saturated carbocycles. The molecule has 2 aromatic rings. The fourth-order valence-electron chi connectivity index (χ4n) is 1.10. The summed E-state index contributed by atoms with van der Waals surface area (Å²) in [6, 6.07) is 7.91. The van der Waals surface area contributed by atoms with E-state index in [4.69, 9.17) is 4.74 Å². The second-order valence-electron chi connectivity index (χ2n) is 2.90. The van der Waals surface area contributed by atoms with Gasteiger partial charge in [-0.05, 0) is 18.2 Å². The molecule has 5 heteroatoms. The smallest absolute Gasteiger partial charge is 0.219 e. The van der Waals surface area contributed by atoms with Gasteiger partial charge in [0, 0.05) is 22.8 Å². The van der Waals surface area contributed by atoms with Crippen molar-refractivity contribution in [3.63, 3.8) is 0 Å². The van der Waals surface area contributed by atoms with Gasteiger partial charge in [0.25, 0.3) is 0 Å². The summed E-state index contributed by atoms with van der Waals surface area (Å²) in [5, 5.41) is 0. The summed E-state index contributed by atoms with van der Waals surface area (Å²) in [6.45, 7) is 0. The Bertz CT molecular complexity index is 482. The van der Waals surface area contributed by atoms with Crippen molar-refractivity contribution in [1.29, 1.82) is 0 Å². The van der Waals surface area contributed by atoms with E-state index in [1.54, 1.807) is 0 Å². The average Bonchev–Trinajstić information content (AvgIpc) is 2.25. The lowest BCUT2D eigenvalue weighted by Crippen LogP contribution is -1.94. The van der Waals surface area contributed by atoms with Gasteiger partial charge < -0.3 is 4.74 Å². The Labute approximate surface area is 99.0 Å². The Balaban J connectivity index is 2.35. The summed E-state index contributed by atoms with van der Waals surface area (Å²) in [4.78, 5) is 3.76. The summed E-state index contributed by atoms with van der Waals surface area (Å²) in [5.74, 6) is -1.94. The Morgan fingerprint density at radius 2 is 1.94 bits per heavy atom. The lowest BCUT2D eigenvalue weighted by atomic mass is 10.3. The predicted molar refractivity (Wildman–Crippen MR) is 57.2 cm³/mol. The molecule has 2 rings (SSSR count). The van der Waals surface area contributed by atoms with Gasteiger partial charge in [0.2, 0.25) is 11.6 Å². The van der Waals surface area contributed by atoms with Crippen LogP contribution in [0.15, 0.2) is 34.9 Å². The van der Waals surface area contributed by atoms with Crippen LogP contribution in [-0.2, 0) is 0 Å². The van der Waals surface area contributed by atoms with Gasteiger partial charge in [-0.25, -0.2) is 13.8 Å². The first-order chi connectivity index (χ1) is 7.66. The van der Waals surface area contributed by atoms with E-state index in [9.17, 15) is 8.78 Å². The predicted octanol–water partition coefficient (Wildman–Crippen LogP) is 3.71. The van der Waals surface area contributed by atoms with Crippen LogP contribution in [-0.4, -0.2) is 4.98 Å². The molecule has 0 saturated heterocycles. The van der Waals surface area contributed by atoms with Crippen molar-refractivity contribution >= 4 is 15.9 Å². The molecular formula is C11H5BrF2NO. The Kier molecular flexibility index (Phi) is 3.14. The zero-order chi connectivity index (χ0) is 11.5. The van der Waals surface area contributed by atoms with Crippen molar-refractivity contribution < 1.29 is 13.5 Å². The molecule has 0 spiro atoms. The van der Waals surface area contributed by atoms with Gasteiger partial charge in [-0.2, -0.15) is 0 Å². The number of hydrogen-bond donors (Lipinski definition) is 0. The Hall–Kier alpha value is -1.49. The van der Waals surface area contributed by atoms with Crippen LogP contribution < -0.4 is 4.74 Å². The van der Waals surface area contributed by atoms with Crippen molar-refractivity contribution in [3.05, 3.63) is 52.6 Å². The molecule has 0 N–H and O–H groups in total. The molecule has 81 valence electrons. The first-order valence-corrected chi connectivity index (χ1v) is 5.10. The van der Waals surface area contributed by atoms with Crippen LogP contribution in [0.25, 0.3) is 0 Å². The maximum atomic E-state index is 13.4. The molecule has 0 atom stereocenters. The van der Waals surface area contributed by atoms with Crippen molar-refractivity contribution in [1.82, 2.24) is 4.98 Å². The molecule has 0 aliphatic carbocycles. The lowest BCUT2D eigenvalue weighted by Gasteiger charge is -2.06. The summed E-state index contributed by atoms with van der Waals surface area (Å²) >= 11 is 2.98. The molecule has 0 fully saturated rings. The second kappa shape index (κ2) is 4.57. The fourth-order valence-corrected chi connectivity index (χ4v) is 1.50. The number of rotatable bonds is 2. The van der Waals surface area contributed by atoms with E-state index in [0.29, 0.717) is 4.47 Å². The zero-order valence-corrected chi connectivity index (χ0v) is 9.46. The second-order valence-corrected chi connectivity index (χ2v) is 3.81. The third kappa shape index (κ3) is 2.36. The van der Waals surface area contributed by atoms with Crippen molar-refractivity contribution in [2.75, 3.05) is 0 Å². The molecule has 2 nitrogen and oxygen atoms in total. The van der Waals surface area contributed by atoms with Gasteiger partial charge in [-0.1, -0.05) is 15.9 Å². The van der Waals surface area contributed by atoms with E-state index in [-0.39, 0.29) is 5.88 Å². The van der Waals surface area contributed by atoms with Crippen molar-refractivity contribution in [2.24, 2.45) is 0 Å². The Morgan fingerprint density at radius 3 is 2.50 bits per heavy atom. The number of aromatic nitrogens is 1. The molecule has 0 aliphatic rings. The van der Waals surface area contributed by atoms with E-state index < -0.39 is 17.4 Å². The van der Waals surface area contributed by atoms with Gasteiger partial charge >= 0.3 is 0 Å². The van der Waals surface area contributed by atoms with Crippen LogP contribution in [0.2, 0.25) is 0 Å². The summed E-state index contributed by atoms with van der Waals surface area (Å²) < 4.78 is 32.0. The highest BCUT2D eigenvalue weighted by Gasteiger charge is 2.13. The van der Waals surface area contributed by atoms with Gasteiger partial charge in [-0.15, -0.1) is 0 Å². The van der Waals surface area contributed by atoms with Crippen LogP contribution in [0.4, 0.5) is 8.78 Å². The number of benzene rings is 1. The van der Waals surface area contributed by atoms with Gasteiger partial charge in [0.05, 0.1) is 0 Å². The number of halogens is 3. The molecule has 0 aliphatic heterocycles. The summed E-state index contributed by atoms with van der Waals surface area (Å²) in [5.41, 5.74) is 0. The van der Waals surface area contributed by atoms with E-state index in [2.05, 4.69) is 27.0 Å². The molecule has 0 bridgehead atoms. The maximum Gasteiger partial charge on any atom is 0.219 e. The molecular weight excluding hydrogens is 280 g/mol. The minimum Gasteiger partial charge on any atom is -0.433 e. The van der Waals surface area contributed by atoms with E-state index in [0.717, 1.165) is 12.1 Å². The first kappa shape index (κ1) is 11.0. The standard InChI is InChI=1S/C11H5BrF2NO/c12-7-5-8(13)11(9(14)6-7)16-10-3-1-2-4-15-10/h1,3-6H. The van der Waals surface area contributed by atoms with Crippen LogP contribution in [0.5, 0.6) is 11.6 Å². The highest BCUT2D eigenvalue weighted by molar-refractivity contribution is 9.10. The zero-order valence-electron chi connectivity index (χ0n) is 7.88. The molecule has 1 heterocycles. The molecule has 16 heavy (non-hydrogen) atoms. The number of hydrogen-bond acceptors (Lipinski definition) is 2. The number of ether oxygens (including phenoxy) is 1. The molecule has 1 aromatic heterocycles. The first-order valence-electron chi connectivity index (χ1n) is 4.31. The maximum absolute atomic E-state index is 13.4. The molecule has 1 radical (unpaired) electrons. The van der Waals surface area contributed by atoms with Crippen LogP contribution in [0.3, 0.4) is 0 Å². The molecule has 0 unspecified atom stereocenters. The van der Waals surface area contributed by atoms with Gasteiger partial charge in [-0.3, -0.25) is 0 Å². The van der Waals surface area contributed by atoms with Crippen LogP contribution >= 0.6 is 15.9 Å². The molecule has 1 aromatic carbocycles. The SMILES string of the molecule is Fc1cc(Br)cc(F)c1Oc1cc[c]cn1. The van der Waals surface area contributed by atoms with E-state index in [1.807, 2.05) is 0 Å². The normalized spacial score (nSPS) is 10.2. The minimum atomic E-state index is -0.790. The highest BCUT2D eigenvalue weighted by atomic mass is 79.9. The number of nitrogens with zero attached hydrogens (tertiary/aromatic N) is 1. The average molecular weight is 285 g/mol. The third-order valence-corrected chi connectivity index (χ3v) is 2.22. The van der Waals surface area contributed by atoms with E-state index >= 15 is 0 Å². The lowest BCUT2D eigenvalue weighted by molar-refractivity contribution is 0.395. The van der Waals surface area contributed by atoms with Crippen LogP contribution in [0.1, 0.15) is 0 Å². The van der Waals surface area contributed by atoms with Crippen LogP contribution in [0, 0.1) is 17.7 Å². The van der Waals surface area contributed by atoms with E-state index in [1.165, 1.54) is 18.3 Å².